The van der Waals surface area contributed by atoms with E-state index in [1.807, 2.05) is 6.92 Å². The Hall–Kier alpha value is -2.67. The molecule has 0 aliphatic rings. The van der Waals surface area contributed by atoms with Gasteiger partial charge in [0.05, 0.1) is 12.0 Å². The molecule has 23 heavy (non-hydrogen) atoms. The monoisotopic (exact) mass is 330 g/mol. The average molecular weight is 330 g/mol. The number of aromatic nitrogens is 1. The Labute approximate surface area is 135 Å². The number of anilines is 1. The highest BCUT2D eigenvalue weighted by Gasteiger charge is 2.16. The van der Waals surface area contributed by atoms with Gasteiger partial charge in [-0.25, -0.2) is 9.78 Å². The van der Waals surface area contributed by atoms with Crippen LogP contribution in [-0.4, -0.2) is 16.0 Å². The molecule has 1 aromatic carbocycles. The summed E-state index contributed by atoms with van der Waals surface area (Å²) in [5, 5.41) is 13.3. The molecule has 0 spiro atoms. The van der Waals surface area contributed by atoms with Crippen LogP contribution < -0.4 is 10.9 Å². The van der Waals surface area contributed by atoms with E-state index < -0.39 is 5.63 Å². The van der Waals surface area contributed by atoms with Crippen molar-refractivity contribution in [2.45, 2.75) is 20.3 Å². The summed E-state index contributed by atoms with van der Waals surface area (Å²) in [5.41, 5.74) is 0.689. The number of aryl methyl sites for hydroxylation is 2. The number of hydrogen-bond acceptors (Lipinski definition) is 6. The number of carbonyl (C=O) groups is 1. The van der Waals surface area contributed by atoms with Crippen LogP contribution in [0.4, 0.5) is 5.13 Å². The molecular formula is C16H14N2O4S. The van der Waals surface area contributed by atoms with Crippen LogP contribution in [-0.2, 0) is 11.2 Å². The smallest absolute Gasteiger partial charge is 0.340 e. The number of nitrogens with one attached hydrogen (secondary N) is 1. The number of phenolic OH excluding ortho intramolecular Hbond substituents is 1. The number of hydrogen-bond donors (Lipinski definition) is 2. The lowest BCUT2D eigenvalue weighted by Crippen LogP contribution is -2.20. The molecular weight excluding hydrogens is 316 g/mol. The topological polar surface area (TPSA) is 92.4 Å². The molecule has 2 N–H and O–H groups in total. The van der Waals surface area contributed by atoms with Crippen LogP contribution in [0.15, 0.2) is 33.6 Å². The highest BCUT2D eigenvalue weighted by Crippen LogP contribution is 2.24. The third-order valence-corrected chi connectivity index (χ3v) is 4.30. The molecule has 118 valence electrons. The molecule has 3 aromatic rings. The number of phenols is 1. The minimum absolute atomic E-state index is 0.0182. The van der Waals surface area contributed by atoms with E-state index in [1.165, 1.54) is 23.5 Å². The minimum atomic E-state index is -0.578. The van der Waals surface area contributed by atoms with E-state index >= 15 is 0 Å². The molecule has 1 amide bonds. The van der Waals surface area contributed by atoms with Gasteiger partial charge in [-0.2, -0.15) is 0 Å². The molecule has 0 aliphatic heterocycles. The Bertz CT molecular complexity index is 958. The van der Waals surface area contributed by atoms with Crippen molar-refractivity contribution in [1.29, 1.82) is 0 Å². The Morgan fingerprint density at radius 2 is 2.17 bits per heavy atom. The molecule has 3 rings (SSSR count). The maximum Gasteiger partial charge on any atom is 0.340 e. The number of fused-ring (bicyclic) bond motifs is 1. The lowest BCUT2D eigenvalue weighted by atomic mass is 10.0. The van der Waals surface area contributed by atoms with Gasteiger partial charge in [0, 0.05) is 22.5 Å². The minimum Gasteiger partial charge on any atom is -0.508 e. The number of amides is 1. The largest absolute Gasteiger partial charge is 0.508 e. The number of aromatic hydroxyl groups is 1. The van der Waals surface area contributed by atoms with Crippen LogP contribution in [0, 0.1) is 13.8 Å². The molecule has 0 fully saturated rings. The first-order valence-corrected chi connectivity index (χ1v) is 7.73. The molecule has 7 heteroatoms. The average Bonchev–Trinajstić information content (AvgIpc) is 2.88. The molecule has 2 heterocycles. The highest BCUT2D eigenvalue weighted by molar-refractivity contribution is 7.15. The Balaban J connectivity index is 1.92. The highest BCUT2D eigenvalue weighted by atomic mass is 32.1. The van der Waals surface area contributed by atoms with Gasteiger partial charge in [-0.1, -0.05) is 0 Å². The first-order valence-electron chi connectivity index (χ1n) is 6.91. The Kier molecular flexibility index (Phi) is 3.87. The first kappa shape index (κ1) is 15.2. The third-order valence-electron chi connectivity index (χ3n) is 3.48. The first-order chi connectivity index (χ1) is 10.9. The summed E-state index contributed by atoms with van der Waals surface area (Å²) >= 11 is 1.37. The van der Waals surface area contributed by atoms with E-state index in [0.29, 0.717) is 27.2 Å². The predicted octanol–water partition coefficient (Wildman–Crippen LogP) is 2.75. The fraction of sp³-hybridized carbons (Fsp3) is 0.188. The van der Waals surface area contributed by atoms with Gasteiger partial charge in [0.15, 0.2) is 5.13 Å². The molecule has 0 bridgehead atoms. The fourth-order valence-corrected chi connectivity index (χ4v) is 3.00. The molecule has 2 aromatic heterocycles. The van der Waals surface area contributed by atoms with Gasteiger partial charge in [0.25, 0.3) is 0 Å². The van der Waals surface area contributed by atoms with E-state index in [9.17, 15) is 14.7 Å². The van der Waals surface area contributed by atoms with E-state index in [2.05, 4.69) is 10.3 Å². The van der Waals surface area contributed by atoms with Crippen LogP contribution in [0.3, 0.4) is 0 Å². The van der Waals surface area contributed by atoms with E-state index in [1.54, 1.807) is 19.2 Å². The van der Waals surface area contributed by atoms with Crippen molar-refractivity contribution in [3.63, 3.8) is 0 Å². The molecule has 0 unspecified atom stereocenters. The van der Waals surface area contributed by atoms with Crippen LogP contribution >= 0.6 is 11.3 Å². The second-order valence-electron chi connectivity index (χ2n) is 5.17. The van der Waals surface area contributed by atoms with Crippen molar-refractivity contribution in [1.82, 2.24) is 4.98 Å². The number of benzene rings is 1. The zero-order valence-corrected chi connectivity index (χ0v) is 13.4. The third kappa shape index (κ3) is 3.09. The van der Waals surface area contributed by atoms with E-state index in [4.69, 9.17) is 4.42 Å². The summed E-state index contributed by atoms with van der Waals surface area (Å²) in [4.78, 5) is 29.3. The van der Waals surface area contributed by atoms with E-state index in [-0.39, 0.29) is 18.1 Å². The van der Waals surface area contributed by atoms with Gasteiger partial charge in [-0.3, -0.25) is 4.79 Å². The zero-order valence-electron chi connectivity index (χ0n) is 12.5. The Morgan fingerprint density at radius 3 is 2.87 bits per heavy atom. The maximum absolute atomic E-state index is 12.1. The molecule has 0 radical (unpaired) electrons. The summed E-state index contributed by atoms with van der Waals surface area (Å²) in [7, 11) is 0. The van der Waals surface area contributed by atoms with Gasteiger partial charge < -0.3 is 14.8 Å². The summed E-state index contributed by atoms with van der Waals surface area (Å²) in [6.07, 6.45) is 1.58. The summed E-state index contributed by atoms with van der Waals surface area (Å²) in [6.45, 7) is 3.65. The summed E-state index contributed by atoms with van der Waals surface area (Å²) in [5.74, 6) is -0.308. The van der Waals surface area contributed by atoms with Crippen molar-refractivity contribution >= 4 is 33.3 Å². The summed E-state index contributed by atoms with van der Waals surface area (Å²) in [6, 6.07) is 4.55. The molecule has 0 saturated carbocycles. The number of rotatable bonds is 3. The Morgan fingerprint density at radius 1 is 1.39 bits per heavy atom. The van der Waals surface area contributed by atoms with Gasteiger partial charge in [-0.05, 0) is 31.5 Å². The van der Waals surface area contributed by atoms with Crippen molar-refractivity contribution in [3.05, 3.63) is 50.8 Å². The van der Waals surface area contributed by atoms with Gasteiger partial charge in [0.1, 0.15) is 11.3 Å². The van der Waals surface area contributed by atoms with Gasteiger partial charge in [0.2, 0.25) is 5.91 Å². The van der Waals surface area contributed by atoms with E-state index in [0.717, 1.165) is 4.88 Å². The lowest BCUT2D eigenvalue weighted by Gasteiger charge is -2.07. The molecule has 6 nitrogen and oxygen atoms in total. The van der Waals surface area contributed by atoms with Crippen LogP contribution in [0.5, 0.6) is 5.75 Å². The summed E-state index contributed by atoms with van der Waals surface area (Å²) < 4.78 is 5.20. The number of thiazole rings is 1. The standard InChI is InChI=1S/C16H14N2O4S/c1-8-7-17-16(23-8)18-14(20)6-12-9(2)11-4-3-10(19)5-13(11)22-15(12)21/h3-5,7,19H,6H2,1-2H3,(H,17,18,20). The van der Waals surface area contributed by atoms with Gasteiger partial charge in [-0.15, -0.1) is 11.3 Å². The number of nitrogens with zero attached hydrogens (tertiary/aromatic N) is 1. The fourth-order valence-electron chi connectivity index (χ4n) is 2.32. The predicted molar refractivity (Wildman–Crippen MR) is 88.1 cm³/mol. The van der Waals surface area contributed by atoms with Crippen molar-refractivity contribution in [3.8, 4) is 5.75 Å². The van der Waals surface area contributed by atoms with Crippen molar-refractivity contribution in [2.24, 2.45) is 0 Å². The quantitative estimate of drug-likeness (QED) is 0.720. The molecule has 0 aliphatic carbocycles. The van der Waals surface area contributed by atoms with Crippen LogP contribution in [0.1, 0.15) is 16.0 Å². The van der Waals surface area contributed by atoms with Crippen molar-refractivity contribution < 1.29 is 14.3 Å². The maximum atomic E-state index is 12.1. The molecule has 0 atom stereocenters. The SMILES string of the molecule is Cc1cnc(NC(=O)Cc2c(C)c3ccc(O)cc3oc2=O)s1. The van der Waals surface area contributed by atoms with Gasteiger partial charge >= 0.3 is 5.63 Å². The normalized spacial score (nSPS) is 10.9. The van der Waals surface area contributed by atoms with Crippen LogP contribution in [0.2, 0.25) is 0 Å². The second kappa shape index (κ2) is 5.85. The lowest BCUT2D eigenvalue weighted by molar-refractivity contribution is -0.115. The second-order valence-corrected chi connectivity index (χ2v) is 6.41. The zero-order chi connectivity index (χ0) is 16.6. The molecule has 0 saturated heterocycles. The number of carbonyl (C=O) groups excluding carboxylic acids is 1. The van der Waals surface area contributed by atoms with Crippen molar-refractivity contribution in [2.75, 3.05) is 5.32 Å². The van der Waals surface area contributed by atoms with Crippen LogP contribution in [0.25, 0.3) is 11.0 Å².